The van der Waals surface area contributed by atoms with Gasteiger partial charge in [-0.25, -0.2) is 4.98 Å². The third-order valence-electron chi connectivity index (χ3n) is 2.00. The summed E-state index contributed by atoms with van der Waals surface area (Å²) in [5.74, 6) is 1.22. The van der Waals surface area contributed by atoms with Crippen molar-refractivity contribution in [1.29, 1.82) is 0 Å². The van der Waals surface area contributed by atoms with E-state index < -0.39 is 0 Å². The highest BCUT2D eigenvalue weighted by molar-refractivity contribution is 6.35. The minimum atomic E-state index is 0.533. The number of hydrogen-bond donors (Lipinski definition) is 0. The Hall–Kier alpha value is -1.42. The molecule has 0 spiro atoms. The Kier molecular flexibility index (Phi) is 2.21. The number of pyridine rings is 1. The van der Waals surface area contributed by atoms with Crippen LogP contribution in [0.5, 0.6) is 11.6 Å². The summed E-state index contributed by atoms with van der Waals surface area (Å²) in [6.07, 6.45) is 3.30. The molecule has 0 aliphatic heterocycles. The van der Waals surface area contributed by atoms with E-state index in [1.165, 1.54) is 0 Å². The number of aromatic nitrogens is 2. The van der Waals surface area contributed by atoms with Crippen molar-refractivity contribution in [3.8, 4) is 11.6 Å². The van der Waals surface area contributed by atoms with Crippen molar-refractivity contribution in [3.05, 3.63) is 23.6 Å². The van der Waals surface area contributed by atoms with Crippen LogP contribution in [0.25, 0.3) is 5.52 Å². The predicted octanol–water partition coefficient (Wildman–Crippen LogP) is 2.00. The van der Waals surface area contributed by atoms with E-state index in [1.54, 1.807) is 37.2 Å². The van der Waals surface area contributed by atoms with Crippen LogP contribution in [-0.2, 0) is 0 Å². The Balaban J connectivity index is 2.80. The molecule has 2 aromatic rings. The lowest BCUT2D eigenvalue weighted by molar-refractivity contribution is 0.379. The van der Waals surface area contributed by atoms with Crippen LogP contribution >= 0.6 is 11.6 Å². The Bertz CT molecular complexity index is 467. The first kappa shape index (κ1) is 9.15. The number of methoxy groups -OCH3 is 2. The van der Waals surface area contributed by atoms with Crippen molar-refractivity contribution in [2.45, 2.75) is 0 Å². The largest absolute Gasteiger partial charge is 0.495 e. The second-order valence-electron chi connectivity index (χ2n) is 2.72. The zero-order valence-electron chi connectivity index (χ0n) is 7.82. The highest BCUT2D eigenvalue weighted by Gasteiger charge is 2.11. The number of imidazole rings is 1. The third-order valence-corrected chi connectivity index (χ3v) is 2.38. The van der Waals surface area contributed by atoms with Crippen molar-refractivity contribution < 1.29 is 9.47 Å². The van der Waals surface area contributed by atoms with Crippen LogP contribution in [-0.4, -0.2) is 23.6 Å². The van der Waals surface area contributed by atoms with E-state index >= 15 is 0 Å². The molecule has 0 aromatic carbocycles. The molecule has 0 fully saturated rings. The number of fused-ring (bicyclic) bond motifs is 1. The van der Waals surface area contributed by atoms with E-state index in [4.69, 9.17) is 21.1 Å². The van der Waals surface area contributed by atoms with E-state index in [0.29, 0.717) is 16.7 Å². The summed E-state index contributed by atoms with van der Waals surface area (Å²) in [5, 5.41) is 0.533. The first-order chi connectivity index (χ1) is 6.77. The van der Waals surface area contributed by atoms with Gasteiger partial charge in [-0.1, -0.05) is 11.6 Å². The molecule has 74 valence electrons. The van der Waals surface area contributed by atoms with Gasteiger partial charge < -0.3 is 9.47 Å². The molecule has 0 aliphatic carbocycles. The van der Waals surface area contributed by atoms with Crippen molar-refractivity contribution >= 4 is 17.1 Å². The van der Waals surface area contributed by atoms with Gasteiger partial charge in [-0.15, -0.1) is 0 Å². The average molecular weight is 213 g/mol. The Labute approximate surface area is 86.0 Å². The van der Waals surface area contributed by atoms with Gasteiger partial charge in [0.2, 0.25) is 5.88 Å². The molecule has 0 amide bonds. The molecule has 0 atom stereocenters. The number of hydrogen-bond acceptors (Lipinski definition) is 3. The summed E-state index contributed by atoms with van der Waals surface area (Å²) in [4.78, 5) is 3.99. The highest BCUT2D eigenvalue weighted by Crippen LogP contribution is 2.32. The quantitative estimate of drug-likeness (QED) is 0.764. The first-order valence-corrected chi connectivity index (χ1v) is 4.38. The molecule has 0 bridgehead atoms. The molecule has 0 saturated carbocycles. The molecule has 4 nitrogen and oxygen atoms in total. The fraction of sp³-hybridized carbons (Fsp3) is 0.222. The van der Waals surface area contributed by atoms with Crippen LogP contribution < -0.4 is 9.47 Å². The second-order valence-corrected chi connectivity index (χ2v) is 3.10. The number of halogens is 1. The summed E-state index contributed by atoms with van der Waals surface area (Å²) in [6.45, 7) is 0. The molecule has 0 unspecified atom stereocenters. The van der Waals surface area contributed by atoms with Gasteiger partial charge in [0.25, 0.3) is 0 Å². The van der Waals surface area contributed by atoms with E-state index in [1.807, 2.05) is 0 Å². The van der Waals surface area contributed by atoms with Gasteiger partial charge in [-0.2, -0.15) is 0 Å². The van der Waals surface area contributed by atoms with Gasteiger partial charge in [-0.3, -0.25) is 4.40 Å². The van der Waals surface area contributed by atoms with Crippen molar-refractivity contribution in [2.24, 2.45) is 0 Å². The lowest BCUT2D eigenvalue weighted by atomic mass is 10.4. The molecule has 0 radical (unpaired) electrons. The van der Waals surface area contributed by atoms with E-state index in [0.717, 1.165) is 5.52 Å². The Morgan fingerprint density at radius 1 is 1.36 bits per heavy atom. The summed E-state index contributed by atoms with van der Waals surface area (Å²) in [5.41, 5.74) is 0.767. The van der Waals surface area contributed by atoms with Crippen LogP contribution in [0.2, 0.25) is 5.02 Å². The third kappa shape index (κ3) is 1.19. The number of ether oxygens (including phenoxy) is 2. The van der Waals surface area contributed by atoms with Crippen molar-refractivity contribution in [3.63, 3.8) is 0 Å². The maximum Gasteiger partial charge on any atom is 0.202 e. The van der Waals surface area contributed by atoms with Crippen LogP contribution in [0.3, 0.4) is 0 Å². The van der Waals surface area contributed by atoms with E-state index in [-0.39, 0.29) is 0 Å². The smallest absolute Gasteiger partial charge is 0.202 e. The molecule has 2 heterocycles. The first-order valence-electron chi connectivity index (χ1n) is 4.00. The van der Waals surface area contributed by atoms with Crippen molar-refractivity contribution in [2.75, 3.05) is 14.2 Å². The van der Waals surface area contributed by atoms with Crippen LogP contribution in [0.1, 0.15) is 0 Å². The van der Waals surface area contributed by atoms with Gasteiger partial charge in [-0.05, 0) is 0 Å². The van der Waals surface area contributed by atoms with Crippen molar-refractivity contribution in [1.82, 2.24) is 9.38 Å². The minimum Gasteiger partial charge on any atom is -0.495 e. The average Bonchev–Trinajstić information content (AvgIpc) is 2.68. The molecule has 0 saturated heterocycles. The summed E-state index contributed by atoms with van der Waals surface area (Å²) < 4.78 is 12.0. The van der Waals surface area contributed by atoms with Gasteiger partial charge >= 0.3 is 0 Å². The fourth-order valence-corrected chi connectivity index (χ4v) is 1.58. The molecular weight excluding hydrogens is 204 g/mol. The van der Waals surface area contributed by atoms with E-state index in [9.17, 15) is 0 Å². The number of rotatable bonds is 2. The summed E-state index contributed by atoms with van der Waals surface area (Å²) in [6, 6.07) is 1.72. The van der Waals surface area contributed by atoms with Crippen LogP contribution in [0.4, 0.5) is 0 Å². The molecule has 5 heteroatoms. The Morgan fingerprint density at radius 3 is 2.79 bits per heavy atom. The standard InChI is InChI=1S/C9H9ClN2O2/c1-13-7-3-8(14-2)12-5-11-4-6(12)9(7)10/h3-5H,1-2H3. The highest BCUT2D eigenvalue weighted by atomic mass is 35.5. The second kappa shape index (κ2) is 3.38. The molecular formula is C9H9ClN2O2. The van der Waals surface area contributed by atoms with Crippen LogP contribution in [0.15, 0.2) is 18.6 Å². The lowest BCUT2D eigenvalue weighted by Gasteiger charge is -2.09. The SMILES string of the molecule is COc1cc(OC)n2cncc2c1Cl. The summed E-state index contributed by atoms with van der Waals surface area (Å²) >= 11 is 6.07. The Morgan fingerprint density at radius 2 is 2.14 bits per heavy atom. The number of nitrogens with zero attached hydrogens (tertiary/aromatic N) is 2. The zero-order valence-corrected chi connectivity index (χ0v) is 8.58. The monoisotopic (exact) mass is 212 g/mol. The maximum atomic E-state index is 6.07. The van der Waals surface area contributed by atoms with Gasteiger partial charge in [0, 0.05) is 6.07 Å². The van der Waals surface area contributed by atoms with E-state index in [2.05, 4.69) is 4.98 Å². The summed E-state index contributed by atoms with van der Waals surface area (Å²) in [7, 11) is 3.15. The molecule has 14 heavy (non-hydrogen) atoms. The fourth-order valence-electron chi connectivity index (χ4n) is 1.31. The molecule has 0 aliphatic rings. The zero-order chi connectivity index (χ0) is 10.1. The van der Waals surface area contributed by atoms with Gasteiger partial charge in [0.15, 0.2) is 0 Å². The van der Waals surface area contributed by atoms with Gasteiger partial charge in [0.05, 0.1) is 25.9 Å². The minimum absolute atomic E-state index is 0.533. The maximum absolute atomic E-state index is 6.07. The molecule has 2 aromatic heterocycles. The normalized spacial score (nSPS) is 10.5. The lowest BCUT2D eigenvalue weighted by Crippen LogP contribution is -1.95. The van der Waals surface area contributed by atoms with Crippen LogP contribution in [0, 0.1) is 0 Å². The van der Waals surface area contributed by atoms with Gasteiger partial charge in [0.1, 0.15) is 17.1 Å². The molecule has 2 rings (SSSR count). The predicted molar refractivity (Wildman–Crippen MR) is 53.3 cm³/mol. The molecule has 0 N–H and O–H groups in total. The topological polar surface area (TPSA) is 35.8 Å².